The predicted molar refractivity (Wildman–Crippen MR) is 111 cm³/mol. The van der Waals surface area contributed by atoms with Crippen molar-refractivity contribution in [1.82, 2.24) is 15.5 Å². The smallest absolute Gasteiger partial charge is 0.325 e. The van der Waals surface area contributed by atoms with Gasteiger partial charge in [0.15, 0.2) is 11.5 Å². The molecule has 4 amide bonds. The molecule has 0 aromatic heterocycles. The minimum absolute atomic E-state index is 0.0286. The van der Waals surface area contributed by atoms with E-state index in [1.807, 2.05) is 19.9 Å². The van der Waals surface area contributed by atoms with Gasteiger partial charge in [-0.15, -0.1) is 0 Å². The summed E-state index contributed by atoms with van der Waals surface area (Å²) in [5.74, 6) is 0.487. The number of nitrogens with zero attached hydrogens (tertiary/aromatic N) is 1. The lowest BCUT2D eigenvalue weighted by Crippen LogP contribution is -2.51. The van der Waals surface area contributed by atoms with Gasteiger partial charge in [0.25, 0.3) is 5.91 Å². The summed E-state index contributed by atoms with van der Waals surface area (Å²) >= 11 is 0. The number of hydrogen-bond acceptors (Lipinski definition) is 5. The average Bonchev–Trinajstić information content (AvgIpc) is 3.10. The first-order chi connectivity index (χ1) is 13.8. The van der Waals surface area contributed by atoms with Crippen LogP contribution in [0, 0.1) is 5.41 Å². The number of imide groups is 1. The van der Waals surface area contributed by atoms with Crippen molar-refractivity contribution in [3.05, 3.63) is 23.8 Å². The highest BCUT2D eigenvalue weighted by atomic mass is 16.7. The molecule has 1 atom stereocenters. The minimum atomic E-state index is -1.13. The van der Waals surface area contributed by atoms with E-state index in [-0.39, 0.29) is 31.1 Å². The van der Waals surface area contributed by atoms with Crippen molar-refractivity contribution >= 4 is 17.8 Å². The predicted octanol–water partition coefficient (Wildman–Crippen LogP) is 2.60. The maximum atomic E-state index is 13.0. The Bertz CT molecular complexity index is 874. The molecule has 0 spiro atoms. The van der Waals surface area contributed by atoms with E-state index in [1.54, 1.807) is 19.1 Å². The summed E-state index contributed by atoms with van der Waals surface area (Å²) in [6.07, 6.45) is 1.04. The lowest BCUT2D eigenvalue weighted by Gasteiger charge is -2.33. The lowest BCUT2D eigenvalue weighted by molar-refractivity contribution is -0.135. The first-order valence-corrected chi connectivity index (χ1v) is 10.1. The number of urea groups is 1. The van der Waals surface area contributed by atoms with Gasteiger partial charge in [0.05, 0.1) is 0 Å². The summed E-state index contributed by atoms with van der Waals surface area (Å²) in [4.78, 5) is 39.0. The van der Waals surface area contributed by atoms with Crippen LogP contribution in [0.2, 0.25) is 0 Å². The molecule has 1 aromatic rings. The molecule has 8 nitrogen and oxygen atoms in total. The first kappa shape index (κ1) is 21.9. The second kappa shape index (κ2) is 7.49. The number of nitrogens with one attached hydrogen (secondary N) is 2. The van der Waals surface area contributed by atoms with Crippen molar-refractivity contribution in [2.75, 3.05) is 13.3 Å². The van der Waals surface area contributed by atoms with Crippen LogP contribution in [0.3, 0.4) is 0 Å². The molecule has 2 aliphatic heterocycles. The van der Waals surface area contributed by atoms with Crippen LogP contribution < -0.4 is 20.1 Å². The van der Waals surface area contributed by atoms with Crippen LogP contribution in [0.5, 0.6) is 11.5 Å². The number of carbonyl (C=O) groups is 3. The van der Waals surface area contributed by atoms with E-state index >= 15 is 0 Å². The second-order valence-electron chi connectivity index (χ2n) is 10.2. The van der Waals surface area contributed by atoms with E-state index in [4.69, 9.17) is 9.47 Å². The van der Waals surface area contributed by atoms with Crippen LogP contribution in [-0.2, 0) is 16.0 Å². The van der Waals surface area contributed by atoms with Crippen molar-refractivity contribution in [2.45, 2.75) is 65.5 Å². The van der Waals surface area contributed by atoms with Gasteiger partial charge in [0, 0.05) is 12.0 Å². The highest BCUT2D eigenvalue weighted by molar-refractivity contribution is 6.09. The molecule has 0 saturated carbocycles. The molecule has 0 unspecified atom stereocenters. The minimum Gasteiger partial charge on any atom is -0.454 e. The quantitative estimate of drug-likeness (QED) is 0.694. The number of carbonyl (C=O) groups excluding carboxylic acids is 3. The Balaban J connectivity index is 1.66. The van der Waals surface area contributed by atoms with Crippen LogP contribution in [0.25, 0.3) is 0 Å². The summed E-state index contributed by atoms with van der Waals surface area (Å²) in [5.41, 5.74) is -0.732. The summed E-state index contributed by atoms with van der Waals surface area (Å²) in [7, 11) is 0. The molecule has 0 radical (unpaired) electrons. The summed E-state index contributed by atoms with van der Waals surface area (Å²) < 4.78 is 10.7. The van der Waals surface area contributed by atoms with Gasteiger partial charge in [-0.1, -0.05) is 26.8 Å². The Morgan fingerprint density at radius 2 is 1.83 bits per heavy atom. The zero-order valence-electron chi connectivity index (χ0n) is 18.5. The third-order valence-corrected chi connectivity index (χ3v) is 5.09. The number of ether oxygens (including phenoxy) is 2. The highest BCUT2D eigenvalue weighted by Crippen LogP contribution is 2.34. The molecule has 164 valence electrons. The molecular formula is C22H31N3O5. The molecule has 2 N–H and O–H groups in total. The highest BCUT2D eigenvalue weighted by Gasteiger charge is 2.48. The molecular weight excluding hydrogens is 386 g/mol. The molecule has 1 saturated heterocycles. The van der Waals surface area contributed by atoms with Gasteiger partial charge in [-0.2, -0.15) is 0 Å². The largest absolute Gasteiger partial charge is 0.454 e. The monoisotopic (exact) mass is 417 g/mol. The van der Waals surface area contributed by atoms with Gasteiger partial charge in [-0.25, -0.2) is 4.79 Å². The van der Waals surface area contributed by atoms with E-state index in [9.17, 15) is 14.4 Å². The molecule has 0 aliphatic carbocycles. The third kappa shape index (κ3) is 4.86. The zero-order chi connectivity index (χ0) is 22.3. The molecule has 0 bridgehead atoms. The third-order valence-electron chi connectivity index (χ3n) is 5.09. The van der Waals surface area contributed by atoms with Gasteiger partial charge >= 0.3 is 6.03 Å². The molecule has 2 aliphatic rings. The van der Waals surface area contributed by atoms with Crippen LogP contribution in [-0.4, -0.2) is 47.2 Å². The van der Waals surface area contributed by atoms with Crippen LogP contribution in [0.1, 0.15) is 53.5 Å². The van der Waals surface area contributed by atoms with Gasteiger partial charge in [-0.3, -0.25) is 14.5 Å². The fraction of sp³-hybridized carbons (Fsp3) is 0.591. The summed E-state index contributed by atoms with van der Waals surface area (Å²) in [6.45, 7) is 11.7. The van der Waals surface area contributed by atoms with E-state index in [2.05, 4.69) is 31.4 Å². The fourth-order valence-corrected chi connectivity index (χ4v) is 4.40. The molecule has 30 heavy (non-hydrogen) atoms. The lowest BCUT2D eigenvalue weighted by atomic mass is 9.82. The molecule has 8 heteroatoms. The Labute approximate surface area is 177 Å². The van der Waals surface area contributed by atoms with Crippen molar-refractivity contribution < 1.29 is 23.9 Å². The van der Waals surface area contributed by atoms with Gasteiger partial charge in [0.1, 0.15) is 12.1 Å². The Morgan fingerprint density at radius 3 is 2.50 bits per heavy atom. The number of fused-ring (bicyclic) bond motifs is 1. The van der Waals surface area contributed by atoms with Crippen molar-refractivity contribution in [1.29, 1.82) is 0 Å². The van der Waals surface area contributed by atoms with Crippen LogP contribution >= 0.6 is 0 Å². The zero-order valence-corrected chi connectivity index (χ0v) is 18.5. The maximum Gasteiger partial charge on any atom is 0.325 e. The summed E-state index contributed by atoms with van der Waals surface area (Å²) in [5, 5.41) is 5.68. The second-order valence-corrected chi connectivity index (χ2v) is 10.2. The molecule has 2 heterocycles. The summed E-state index contributed by atoms with van der Waals surface area (Å²) in [6, 6.07) is 4.86. The number of amides is 4. The van der Waals surface area contributed by atoms with E-state index in [1.165, 1.54) is 0 Å². The van der Waals surface area contributed by atoms with E-state index in [0.717, 1.165) is 16.9 Å². The number of benzene rings is 1. The van der Waals surface area contributed by atoms with E-state index < -0.39 is 23.0 Å². The van der Waals surface area contributed by atoms with Gasteiger partial charge < -0.3 is 20.1 Å². The van der Waals surface area contributed by atoms with Crippen molar-refractivity contribution in [3.63, 3.8) is 0 Å². The Hall–Kier alpha value is -2.77. The topological polar surface area (TPSA) is 97.0 Å². The van der Waals surface area contributed by atoms with Crippen LogP contribution in [0.15, 0.2) is 18.2 Å². The molecule has 3 rings (SSSR count). The number of hydrogen-bond donors (Lipinski definition) is 2. The first-order valence-electron chi connectivity index (χ1n) is 10.1. The van der Waals surface area contributed by atoms with Gasteiger partial charge in [-0.05, 0) is 50.3 Å². The maximum absolute atomic E-state index is 13.0. The van der Waals surface area contributed by atoms with Gasteiger partial charge in [0.2, 0.25) is 12.7 Å². The van der Waals surface area contributed by atoms with Crippen molar-refractivity contribution in [2.24, 2.45) is 5.41 Å². The SMILES string of the molecule is CC(C)(C)CC(C)(C)NC(=O)CN1C(=O)N[C@@](C)(Cc2ccc3c(c2)OCO3)C1=O. The van der Waals surface area contributed by atoms with Crippen LogP contribution in [0.4, 0.5) is 4.79 Å². The fourth-order valence-electron chi connectivity index (χ4n) is 4.40. The number of rotatable bonds is 6. The molecule has 1 fully saturated rings. The van der Waals surface area contributed by atoms with E-state index in [0.29, 0.717) is 11.5 Å². The average molecular weight is 418 g/mol. The normalized spacial score (nSPS) is 21.1. The Morgan fingerprint density at radius 1 is 1.17 bits per heavy atom. The van der Waals surface area contributed by atoms with Crippen molar-refractivity contribution in [3.8, 4) is 11.5 Å². The molecule has 1 aromatic carbocycles. The Kier molecular flexibility index (Phi) is 5.47. The standard InChI is InChI=1S/C22H31N3O5/c1-20(2,3)12-21(4,5)23-17(26)11-25-18(27)22(6,24-19(25)28)10-14-7-8-15-16(9-14)30-13-29-15/h7-9H,10-13H2,1-6H3,(H,23,26)(H,24,28)/t22-/m0/s1.